The maximum Gasteiger partial charge on any atom is 0.219 e. The zero-order valence-electron chi connectivity index (χ0n) is 18.7. The highest BCUT2D eigenvalue weighted by Crippen LogP contribution is 2.13. The maximum absolute atomic E-state index is 11.4. The van der Waals surface area contributed by atoms with Gasteiger partial charge in [-0.2, -0.15) is 0 Å². The molecule has 2 aliphatic rings. The van der Waals surface area contributed by atoms with Crippen LogP contribution >= 0.6 is 0 Å². The summed E-state index contributed by atoms with van der Waals surface area (Å²) >= 11 is 0. The Morgan fingerprint density at radius 2 is 1.57 bits per heavy atom. The molecule has 1 aromatic rings. The third-order valence-electron chi connectivity index (χ3n) is 6.10. The largest absolute Gasteiger partial charge is 0.355 e. The van der Waals surface area contributed by atoms with E-state index in [2.05, 4.69) is 49.7 Å². The van der Waals surface area contributed by atoms with E-state index in [9.17, 15) is 4.79 Å². The zero-order chi connectivity index (χ0) is 21.2. The van der Waals surface area contributed by atoms with Crippen molar-refractivity contribution in [3.8, 4) is 0 Å². The molecule has 0 spiro atoms. The lowest BCUT2D eigenvalue weighted by Gasteiger charge is -2.34. The van der Waals surface area contributed by atoms with Crippen LogP contribution in [0.2, 0.25) is 0 Å². The highest BCUT2D eigenvalue weighted by atomic mass is 16.2. The van der Waals surface area contributed by atoms with Gasteiger partial charge in [0.1, 0.15) is 0 Å². The molecular formula is C23H38N6O. The average Bonchev–Trinajstić information content (AvgIpc) is 2.78. The summed E-state index contributed by atoms with van der Waals surface area (Å²) < 4.78 is 0. The number of likely N-dealkylation sites (tertiary alicyclic amines) is 1. The molecule has 7 heteroatoms. The van der Waals surface area contributed by atoms with Crippen molar-refractivity contribution < 1.29 is 4.79 Å². The first-order chi connectivity index (χ1) is 14.6. The highest BCUT2D eigenvalue weighted by molar-refractivity contribution is 5.79. The highest BCUT2D eigenvalue weighted by Gasteiger charge is 2.18. The number of amides is 1. The number of nitrogens with one attached hydrogen (secondary N) is 2. The quantitative estimate of drug-likeness (QED) is 0.523. The van der Waals surface area contributed by atoms with Crippen LogP contribution in [0.15, 0.2) is 29.3 Å². The minimum absolute atomic E-state index is 0.178. The fourth-order valence-corrected chi connectivity index (χ4v) is 4.16. The van der Waals surface area contributed by atoms with Gasteiger partial charge < -0.3 is 15.5 Å². The second-order valence-corrected chi connectivity index (χ2v) is 8.35. The van der Waals surface area contributed by atoms with Crippen LogP contribution in [0.4, 0.5) is 0 Å². The molecule has 30 heavy (non-hydrogen) atoms. The predicted octanol–water partition coefficient (Wildman–Crippen LogP) is 1.50. The molecule has 7 nitrogen and oxygen atoms in total. The molecule has 0 atom stereocenters. The van der Waals surface area contributed by atoms with Crippen LogP contribution in [0, 0.1) is 0 Å². The summed E-state index contributed by atoms with van der Waals surface area (Å²) in [7, 11) is 1.81. The molecule has 166 valence electrons. The van der Waals surface area contributed by atoms with Crippen LogP contribution in [-0.2, 0) is 17.9 Å². The van der Waals surface area contributed by atoms with Crippen LogP contribution < -0.4 is 10.6 Å². The molecule has 2 fully saturated rings. The average molecular weight is 415 g/mol. The van der Waals surface area contributed by atoms with Crippen molar-refractivity contribution in [1.82, 2.24) is 25.3 Å². The van der Waals surface area contributed by atoms with Crippen LogP contribution in [-0.4, -0.2) is 86.0 Å². The van der Waals surface area contributed by atoms with Crippen molar-refractivity contribution in [3.63, 3.8) is 0 Å². The Kier molecular flexibility index (Phi) is 8.96. The van der Waals surface area contributed by atoms with Crippen molar-refractivity contribution in [2.45, 2.75) is 39.3 Å². The van der Waals surface area contributed by atoms with Gasteiger partial charge >= 0.3 is 0 Å². The Morgan fingerprint density at radius 3 is 2.20 bits per heavy atom. The maximum atomic E-state index is 11.4. The zero-order valence-corrected chi connectivity index (χ0v) is 18.7. The number of hydrogen-bond donors (Lipinski definition) is 2. The van der Waals surface area contributed by atoms with E-state index in [1.807, 2.05) is 11.9 Å². The van der Waals surface area contributed by atoms with Crippen LogP contribution in [0.3, 0.4) is 0 Å². The Hall–Kier alpha value is -2.12. The summed E-state index contributed by atoms with van der Waals surface area (Å²) in [5.41, 5.74) is 2.66. The summed E-state index contributed by atoms with van der Waals surface area (Å²) in [6, 6.07) is 8.94. The molecule has 0 saturated carbocycles. The van der Waals surface area contributed by atoms with Crippen molar-refractivity contribution >= 4 is 11.9 Å². The number of benzene rings is 1. The van der Waals surface area contributed by atoms with Gasteiger partial charge in [-0.05, 0) is 37.1 Å². The summed E-state index contributed by atoms with van der Waals surface area (Å²) in [4.78, 5) is 22.6. The monoisotopic (exact) mass is 414 g/mol. The van der Waals surface area contributed by atoms with Gasteiger partial charge in [-0.3, -0.25) is 19.6 Å². The first-order valence-corrected chi connectivity index (χ1v) is 11.4. The first kappa shape index (κ1) is 22.6. The van der Waals surface area contributed by atoms with E-state index in [1.54, 1.807) is 6.92 Å². The molecule has 2 heterocycles. The lowest BCUT2D eigenvalue weighted by Crippen LogP contribution is -2.50. The van der Waals surface area contributed by atoms with Crippen molar-refractivity contribution in [2.24, 2.45) is 4.99 Å². The van der Waals surface area contributed by atoms with E-state index in [1.165, 1.54) is 43.5 Å². The predicted molar refractivity (Wildman–Crippen MR) is 122 cm³/mol. The van der Waals surface area contributed by atoms with Gasteiger partial charge in [0, 0.05) is 66.3 Å². The van der Waals surface area contributed by atoms with E-state index in [-0.39, 0.29) is 5.91 Å². The summed E-state index contributed by atoms with van der Waals surface area (Å²) in [6.45, 7) is 11.3. The number of aliphatic imine (C=N–C) groups is 1. The Balaban J connectivity index is 1.33. The van der Waals surface area contributed by atoms with E-state index >= 15 is 0 Å². The minimum atomic E-state index is 0.178. The number of piperazine rings is 1. The topological polar surface area (TPSA) is 63.2 Å². The lowest BCUT2D eigenvalue weighted by atomic mass is 10.1. The second-order valence-electron chi connectivity index (χ2n) is 8.35. The van der Waals surface area contributed by atoms with Crippen molar-refractivity contribution in [2.75, 3.05) is 59.4 Å². The molecule has 1 amide bonds. The van der Waals surface area contributed by atoms with Gasteiger partial charge in [-0.1, -0.05) is 30.7 Å². The number of carbonyl (C=O) groups is 1. The Morgan fingerprint density at radius 1 is 0.900 bits per heavy atom. The number of nitrogens with zero attached hydrogens (tertiary/aromatic N) is 4. The summed E-state index contributed by atoms with van der Waals surface area (Å²) in [5, 5.41) is 6.80. The molecule has 2 saturated heterocycles. The van der Waals surface area contributed by atoms with Crippen LogP contribution in [0.1, 0.15) is 37.3 Å². The molecule has 2 N–H and O–H groups in total. The standard InChI is InChI=1S/C23H38N6O/c1-20(30)29-16-14-27(15-17-29)13-10-25-23(24-2)26-18-21-6-8-22(9-7-21)19-28-11-4-3-5-12-28/h6-9H,3-5,10-19H2,1-2H3,(H2,24,25,26). The number of hydrogen-bond acceptors (Lipinski definition) is 4. The number of carbonyl (C=O) groups excluding carboxylic acids is 1. The molecule has 2 aliphatic heterocycles. The second kappa shape index (κ2) is 11.9. The van der Waals surface area contributed by atoms with E-state index in [4.69, 9.17) is 0 Å². The van der Waals surface area contributed by atoms with Crippen molar-refractivity contribution in [3.05, 3.63) is 35.4 Å². The molecule has 0 aliphatic carbocycles. The fraction of sp³-hybridized carbons (Fsp3) is 0.652. The molecule has 0 bridgehead atoms. The van der Waals surface area contributed by atoms with Crippen LogP contribution in [0.5, 0.6) is 0 Å². The van der Waals surface area contributed by atoms with Gasteiger partial charge in [-0.15, -0.1) is 0 Å². The molecule has 3 rings (SSSR count). The molecule has 0 unspecified atom stereocenters. The van der Waals surface area contributed by atoms with E-state index in [0.29, 0.717) is 0 Å². The normalized spacial score (nSPS) is 19.0. The van der Waals surface area contributed by atoms with Gasteiger partial charge in [-0.25, -0.2) is 0 Å². The first-order valence-electron chi connectivity index (χ1n) is 11.4. The van der Waals surface area contributed by atoms with Gasteiger partial charge in [0.05, 0.1) is 0 Å². The Bertz CT molecular complexity index is 675. The summed E-state index contributed by atoms with van der Waals surface area (Å²) in [5.74, 6) is 1.01. The van der Waals surface area contributed by atoms with E-state index < -0.39 is 0 Å². The van der Waals surface area contributed by atoms with Crippen molar-refractivity contribution in [1.29, 1.82) is 0 Å². The third-order valence-corrected chi connectivity index (χ3v) is 6.10. The Labute approximate surface area is 181 Å². The lowest BCUT2D eigenvalue weighted by molar-refractivity contribution is -0.130. The van der Waals surface area contributed by atoms with Gasteiger partial charge in [0.15, 0.2) is 5.96 Å². The third kappa shape index (κ3) is 7.29. The number of rotatable bonds is 7. The number of guanidine groups is 1. The van der Waals surface area contributed by atoms with E-state index in [0.717, 1.165) is 58.3 Å². The fourth-order valence-electron chi connectivity index (χ4n) is 4.16. The smallest absolute Gasteiger partial charge is 0.219 e. The van der Waals surface area contributed by atoms with Crippen LogP contribution in [0.25, 0.3) is 0 Å². The number of piperidine rings is 1. The van der Waals surface area contributed by atoms with Gasteiger partial charge in [0.25, 0.3) is 0 Å². The molecule has 0 aromatic heterocycles. The SMILES string of the molecule is CN=C(NCCN1CCN(C(C)=O)CC1)NCc1ccc(CN2CCCCC2)cc1. The molecular weight excluding hydrogens is 376 g/mol. The molecule has 1 aromatic carbocycles. The summed E-state index contributed by atoms with van der Waals surface area (Å²) in [6.07, 6.45) is 4.05. The van der Waals surface area contributed by atoms with Gasteiger partial charge in [0.2, 0.25) is 5.91 Å². The minimum Gasteiger partial charge on any atom is -0.355 e. The molecule has 0 radical (unpaired) electrons.